The number of hydrogen-bond acceptors (Lipinski definition) is 3. The number of carboxylic acids is 1. The van der Waals surface area contributed by atoms with Crippen LogP contribution in [0.15, 0.2) is 12.1 Å². The molecule has 0 aromatic heterocycles. The van der Waals surface area contributed by atoms with Crippen LogP contribution in [-0.2, 0) is 4.79 Å². The summed E-state index contributed by atoms with van der Waals surface area (Å²) in [4.78, 5) is 22.9. The third-order valence-electron chi connectivity index (χ3n) is 2.83. The maximum absolute atomic E-state index is 12.0. The molecule has 0 radical (unpaired) electrons. The maximum atomic E-state index is 12.0. The first kappa shape index (κ1) is 16.8. The second-order valence-electron chi connectivity index (χ2n) is 4.33. The molecule has 1 amide bonds. The minimum Gasteiger partial charge on any atom is -0.478 e. The van der Waals surface area contributed by atoms with Crippen molar-refractivity contribution in [1.29, 1.82) is 0 Å². The summed E-state index contributed by atoms with van der Waals surface area (Å²) < 4.78 is 0. The quantitative estimate of drug-likeness (QED) is 0.751. The normalized spacial score (nSPS) is 12.0. The van der Waals surface area contributed by atoms with Gasteiger partial charge in [-0.15, -0.1) is 0 Å². The highest BCUT2D eigenvalue weighted by atomic mass is 35.5. The average molecular weight is 319 g/mol. The van der Waals surface area contributed by atoms with Crippen molar-refractivity contribution in [3.05, 3.63) is 27.7 Å². The monoisotopic (exact) mass is 318 g/mol. The number of anilines is 1. The molecule has 1 rings (SSSR count). The van der Waals surface area contributed by atoms with Crippen molar-refractivity contribution in [2.75, 3.05) is 11.9 Å². The number of nitrogens with two attached hydrogens (primary N) is 1. The van der Waals surface area contributed by atoms with E-state index in [0.717, 1.165) is 6.42 Å². The number of carbonyl (C=O) groups excluding carboxylic acids is 1. The van der Waals surface area contributed by atoms with Gasteiger partial charge in [0.15, 0.2) is 0 Å². The summed E-state index contributed by atoms with van der Waals surface area (Å²) in [5.74, 6) is -1.75. The summed E-state index contributed by atoms with van der Waals surface area (Å²) in [6.45, 7) is 2.18. The molecule has 110 valence electrons. The number of benzene rings is 1. The van der Waals surface area contributed by atoms with E-state index in [1.807, 2.05) is 6.92 Å². The molecule has 4 N–H and O–H groups in total. The van der Waals surface area contributed by atoms with Gasteiger partial charge in [0.2, 0.25) is 5.91 Å². The molecule has 0 saturated heterocycles. The third-order valence-corrected chi connectivity index (χ3v) is 3.43. The Labute approximate surface area is 127 Å². The van der Waals surface area contributed by atoms with E-state index in [9.17, 15) is 9.59 Å². The molecule has 0 aliphatic carbocycles. The zero-order valence-electron chi connectivity index (χ0n) is 11.0. The summed E-state index contributed by atoms with van der Waals surface area (Å²) in [6, 6.07) is 2.48. The number of carbonyl (C=O) groups is 2. The standard InChI is InChI=1S/C13H16Cl2N2O3/c1-2-3-7(6-16)12(18)17-11-9(14)4-8(13(19)20)5-10(11)15/h4-5,7H,2-3,6,16H2,1H3,(H,17,18)(H,19,20). The van der Waals surface area contributed by atoms with Gasteiger partial charge in [0.1, 0.15) is 0 Å². The summed E-state index contributed by atoms with van der Waals surface area (Å²) in [5, 5.41) is 11.6. The molecule has 0 spiro atoms. The van der Waals surface area contributed by atoms with Gasteiger partial charge >= 0.3 is 5.97 Å². The zero-order valence-corrected chi connectivity index (χ0v) is 12.5. The van der Waals surface area contributed by atoms with E-state index in [2.05, 4.69) is 5.32 Å². The van der Waals surface area contributed by atoms with Crippen LogP contribution >= 0.6 is 23.2 Å². The summed E-state index contributed by atoms with van der Waals surface area (Å²) in [7, 11) is 0. The van der Waals surface area contributed by atoms with Gasteiger partial charge in [-0.1, -0.05) is 36.5 Å². The van der Waals surface area contributed by atoms with Crippen molar-refractivity contribution in [2.45, 2.75) is 19.8 Å². The average Bonchev–Trinajstić information content (AvgIpc) is 2.39. The number of aromatic carboxylic acids is 1. The number of rotatable bonds is 6. The molecule has 1 atom stereocenters. The van der Waals surface area contributed by atoms with Crippen LogP contribution in [0.1, 0.15) is 30.1 Å². The predicted octanol–water partition coefficient (Wildman–Crippen LogP) is 3.01. The SMILES string of the molecule is CCCC(CN)C(=O)Nc1c(Cl)cc(C(=O)O)cc1Cl. The Morgan fingerprint density at radius 2 is 1.90 bits per heavy atom. The summed E-state index contributed by atoms with van der Waals surface area (Å²) in [6.07, 6.45) is 1.49. The molecule has 1 unspecified atom stereocenters. The summed E-state index contributed by atoms with van der Waals surface area (Å²) in [5.41, 5.74) is 5.72. The van der Waals surface area contributed by atoms with Crippen LogP contribution in [0.2, 0.25) is 10.0 Å². The Balaban J connectivity index is 2.98. The van der Waals surface area contributed by atoms with Gasteiger partial charge in [0.05, 0.1) is 27.2 Å². The fourth-order valence-corrected chi connectivity index (χ4v) is 2.33. The first-order valence-electron chi connectivity index (χ1n) is 6.14. The Kier molecular flexibility index (Phi) is 6.26. The first-order chi connectivity index (χ1) is 9.40. The molecule has 1 aromatic rings. The van der Waals surface area contributed by atoms with Crippen molar-refractivity contribution in [3.8, 4) is 0 Å². The maximum Gasteiger partial charge on any atom is 0.335 e. The fourth-order valence-electron chi connectivity index (χ4n) is 1.75. The van der Waals surface area contributed by atoms with Crippen LogP contribution in [0.5, 0.6) is 0 Å². The first-order valence-corrected chi connectivity index (χ1v) is 6.89. The molecule has 0 aliphatic rings. The Morgan fingerprint density at radius 1 is 1.35 bits per heavy atom. The van der Waals surface area contributed by atoms with E-state index in [-0.39, 0.29) is 39.7 Å². The lowest BCUT2D eigenvalue weighted by Crippen LogP contribution is -2.29. The fraction of sp³-hybridized carbons (Fsp3) is 0.385. The summed E-state index contributed by atoms with van der Waals surface area (Å²) >= 11 is 11.9. The lowest BCUT2D eigenvalue weighted by molar-refractivity contribution is -0.119. The molecule has 20 heavy (non-hydrogen) atoms. The lowest BCUT2D eigenvalue weighted by Gasteiger charge is -2.16. The second-order valence-corrected chi connectivity index (χ2v) is 5.14. The lowest BCUT2D eigenvalue weighted by atomic mass is 10.0. The molecule has 0 heterocycles. The van der Waals surface area contributed by atoms with E-state index >= 15 is 0 Å². The second kappa shape index (κ2) is 7.47. The number of carboxylic acid groups (broad SMARTS) is 1. The van der Waals surface area contributed by atoms with Crippen LogP contribution in [0, 0.1) is 5.92 Å². The molecule has 0 fully saturated rings. The predicted molar refractivity (Wildman–Crippen MR) is 79.5 cm³/mol. The Bertz CT molecular complexity index is 497. The van der Waals surface area contributed by atoms with Crippen molar-refractivity contribution in [3.63, 3.8) is 0 Å². The van der Waals surface area contributed by atoms with Gasteiger partial charge in [-0.25, -0.2) is 4.79 Å². The van der Waals surface area contributed by atoms with Gasteiger partial charge in [-0.2, -0.15) is 0 Å². The number of amides is 1. The zero-order chi connectivity index (χ0) is 15.3. The highest BCUT2D eigenvalue weighted by Crippen LogP contribution is 2.32. The van der Waals surface area contributed by atoms with Gasteiger partial charge in [0, 0.05) is 6.54 Å². The van der Waals surface area contributed by atoms with Gasteiger partial charge in [-0.05, 0) is 18.6 Å². The third kappa shape index (κ3) is 4.10. The van der Waals surface area contributed by atoms with Crippen LogP contribution in [0.3, 0.4) is 0 Å². The highest BCUT2D eigenvalue weighted by Gasteiger charge is 2.19. The Hall–Kier alpha value is -1.30. The van der Waals surface area contributed by atoms with Crippen LogP contribution < -0.4 is 11.1 Å². The minimum absolute atomic E-state index is 0.0399. The topological polar surface area (TPSA) is 92.4 Å². The van der Waals surface area contributed by atoms with E-state index in [0.29, 0.717) is 6.42 Å². The molecule has 0 aliphatic heterocycles. The van der Waals surface area contributed by atoms with Crippen molar-refractivity contribution in [1.82, 2.24) is 0 Å². The van der Waals surface area contributed by atoms with Crippen molar-refractivity contribution >= 4 is 40.8 Å². The van der Waals surface area contributed by atoms with Gasteiger partial charge < -0.3 is 16.2 Å². The van der Waals surface area contributed by atoms with E-state index in [1.165, 1.54) is 12.1 Å². The Morgan fingerprint density at radius 3 is 2.30 bits per heavy atom. The van der Waals surface area contributed by atoms with Crippen molar-refractivity contribution < 1.29 is 14.7 Å². The van der Waals surface area contributed by atoms with Crippen LogP contribution in [-0.4, -0.2) is 23.5 Å². The molecule has 7 heteroatoms. The van der Waals surface area contributed by atoms with Crippen LogP contribution in [0.4, 0.5) is 5.69 Å². The minimum atomic E-state index is -1.14. The number of nitrogens with one attached hydrogen (secondary N) is 1. The number of halogens is 2. The van der Waals surface area contributed by atoms with Gasteiger partial charge in [0.25, 0.3) is 0 Å². The molecular formula is C13H16Cl2N2O3. The molecule has 1 aromatic carbocycles. The molecule has 5 nitrogen and oxygen atoms in total. The highest BCUT2D eigenvalue weighted by molar-refractivity contribution is 6.40. The smallest absolute Gasteiger partial charge is 0.335 e. The van der Waals surface area contributed by atoms with Gasteiger partial charge in [-0.3, -0.25) is 4.79 Å². The molecule has 0 saturated carbocycles. The number of hydrogen-bond donors (Lipinski definition) is 3. The van der Waals surface area contributed by atoms with Crippen LogP contribution in [0.25, 0.3) is 0 Å². The molecular weight excluding hydrogens is 303 g/mol. The van der Waals surface area contributed by atoms with E-state index in [4.69, 9.17) is 34.0 Å². The molecule has 0 bridgehead atoms. The van der Waals surface area contributed by atoms with Crippen molar-refractivity contribution in [2.24, 2.45) is 11.7 Å². The van der Waals surface area contributed by atoms with E-state index < -0.39 is 5.97 Å². The van der Waals surface area contributed by atoms with E-state index in [1.54, 1.807) is 0 Å². The largest absolute Gasteiger partial charge is 0.478 e.